The van der Waals surface area contributed by atoms with E-state index in [1.165, 1.54) is 33.8 Å². The molecule has 0 aromatic heterocycles. The van der Waals surface area contributed by atoms with Gasteiger partial charge < -0.3 is 54.3 Å². The second kappa shape index (κ2) is 18.3. The maximum atomic E-state index is 11.1. The fraction of sp³-hybridized carbons (Fsp3) is 0.647. The molecule has 0 spiro atoms. The van der Waals surface area contributed by atoms with Gasteiger partial charge in [-0.05, 0) is 61.1 Å². The molecule has 8 heteroatoms. The molecule has 0 bridgehead atoms. The van der Waals surface area contributed by atoms with Gasteiger partial charge in [0.2, 0.25) is 0 Å². The summed E-state index contributed by atoms with van der Waals surface area (Å²) in [5, 5.41) is 22.2. The van der Waals surface area contributed by atoms with Crippen LogP contribution in [0, 0.1) is 0 Å². The van der Waals surface area contributed by atoms with Gasteiger partial charge >= 0.3 is 0 Å². The lowest BCUT2D eigenvalue weighted by Crippen LogP contribution is -3.06. The molecule has 4 rings (SSSR count). The van der Waals surface area contributed by atoms with Crippen molar-refractivity contribution in [1.29, 1.82) is 0 Å². The van der Waals surface area contributed by atoms with E-state index in [0.29, 0.717) is 0 Å². The van der Waals surface area contributed by atoms with E-state index in [1.54, 1.807) is 14.2 Å². The zero-order chi connectivity index (χ0) is 29.2. The van der Waals surface area contributed by atoms with Crippen molar-refractivity contribution in [2.24, 2.45) is 0 Å². The van der Waals surface area contributed by atoms with Crippen molar-refractivity contribution in [3.63, 3.8) is 0 Å². The van der Waals surface area contributed by atoms with Gasteiger partial charge in [0.25, 0.3) is 0 Å². The molecule has 6 nitrogen and oxygen atoms in total. The van der Waals surface area contributed by atoms with Crippen molar-refractivity contribution >= 4 is 0 Å². The number of rotatable bonds is 10. The smallest absolute Gasteiger partial charge is 0.118 e. The molecule has 4 N–H and O–H groups in total. The van der Waals surface area contributed by atoms with Crippen molar-refractivity contribution in [3.8, 4) is 11.5 Å². The van der Waals surface area contributed by atoms with Gasteiger partial charge in [-0.2, -0.15) is 0 Å². The summed E-state index contributed by atoms with van der Waals surface area (Å²) >= 11 is 0. The minimum atomic E-state index is -0.538. The van der Waals surface area contributed by atoms with E-state index in [1.807, 2.05) is 24.3 Å². The number of methoxy groups -OCH3 is 2. The summed E-state index contributed by atoms with van der Waals surface area (Å²) in [6.07, 6.45) is 10.8. The normalized spacial score (nSPS) is 18.9. The Kier molecular flexibility index (Phi) is 16.8. The first-order valence-corrected chi connectivity index (χ1v) is 15.4. The minimum Gasteiger partial charge on any atom is -1.00 e. The van der Waals surface area contributed by atoms with E-state index in [2.05, 4.69) is 52.5 Å². The Hall–Kier alpha value is -1.54. The topological polar surface area (TPSA) is 67.8 Å². The molecule has 0 aliphatic heterocycles. The standard InChI is InChI=1S/2C17H27NO2.2ClH/c2*1-18(2)13-16(17(19)11-5-4-6-12-17)14-7-9-15(20-3)10-8-14;;/h2*7-10,16,19H,4-6,11-13H2,1-3H3;2*1H/t2*16-;;/m10../s1. The van der Waals surface area contributed by atoms with Crippen LogP contribution in [0.3, 0.4) is 0 Å². The van der Waals surface area contributed by atoms with Crippen LogP contribution >= 0.6 is 0 Å². The SMILES string of the molecule is COc1ccc([C@@H](C[NH+](C)C)C2(O)CCCCC2)cc1.COc1ccc([C@H](C[NH+](C)C)C2(O)CCCCC2)cc1.[Cl-].[Cl-]. The van der Waals surface area contributed by atoms with Crippen LogP contribution in [-0.4, -0.2) is 76.9 Å². The predicted octanol–water partition coefficient (Wildman–Crippen LogP) is -2.75. The third kappa shape index (κ3) is 10.9. The van der Waals surface area contributed by atoms with Crippen molar-refractivity contribution < 1.29 is 54.3 Å². The van der Waals surface area contributed by atoms with E-state index in [-0.39, 0.29) is 36.6 Å². The lowest BCUT2D eigenvalue weighted by molar-refractivity contribution is -0.860. The van der Waals surface area contributed by atoms with Crippen LogP contribution in [0.1, 0.15) is 87.2 Å². The molecule has 2 aliphatic rings. The van der Waals surface area contributed by atoms with Gasteiger partial charge in [0.15, 0.2) is 0 Å². The molecule has 0 heterocycles. The Bertz CT molecular complexity index is 908. The molecule has 2 aromatic carbocycles. The largest absolute Gasteiger partial charge is 1.00 e. The lowest BCUT2D eigenvalue weighted by Gasteiger charge is -2.39. The highest BCUT2D eigenvalue weighted by Crippen LogP contribution is 2.40. The molecule has 0 saturated heterocycles. The summed E-state index contributed by atoms with van der Waals surface area (Å²) in [4.78, 5) is 2.76. The quantitative estimate of drug-likeness (QED) is 0.231. The van der Waals surface area contributed by atoms with Gasteiger partial charge in [-0.25, -0.2) is 0 Å². The Morgan fingerprint density at radius 3 is 1.10 bits per heavy atom. The van der Waals surface area contributed by atoms with Gasteiger partial charge in [-0.1, -0.05) is 62.8 Å². The van der Waals surface area contributed by atoms with Gasteiger partial charge in [-0.3, -0.25) is 0 Å². The number of nitrogens with one attached hydrogen (secondary N) is 2. The molecule has 2 fully saturated rings. The first-order valence-electron chi connectivity index (χ1n) is 15.4. The van der Waals surface area contributed by atoms with E-state index in [0.717, 1.165) is 76.0 Å². The van der Waals surface area contributed by atoms with Crippen LogP contribution in [0.4, 0.5) is 0 Å². The summed E-state index contributed by atoms with van der Waals surface area (Å²) in [6, 6.07) is 16.4. The Morgan fingerprint density at radius 1 is 0.571 bits per heavy atom. The number of hydrogen-bond acceptors (Lipinski definition) is 4. The highest BCUT2D eigenvalue weighted by atomic mass is 35.5. The second-order valence-electron chi connectivity index (χ2n) is 12.8. The number of hydrogen-bond donors (Lipinski definition) is 4. The fourth-order valence-corrected chi connectivity index (χ4v) is 6.75. The Morgan fingerprint density at radius 2 is 0.857 bits per heavy atom. The van der Waals surface area contributed by atoms with Gasteiger partial charge in [0.05, 0.1) is 78.5 Å². The van der Waals surface area contributed by atoms with Crippen LogP contribution in [-0.2, 0) is 0 Å². The molecule has 240 valence electrons. The summed E-state index contributed by atoms with van der Waals surface area (Å²) in [7, 11) is 12.0. The maximum Gasteiger partial charge on any atom is 0.118 e. The number of ether oxygens (including phenoxy) is 2. The molecule has 2 saturated carbocycles. The van der Waals surface area contributed by atoms with Crippen LogP contribution < -0.4 is 44.1 Å². The molecular weight excluding hydrogens is 571 g/mol. The molecule has 42 heavy (non-hydrogen) atoms. The van der Waals surface area contributed by atoms with Crippen LogP contribution in [0.5, 0.6) is 11.5 Å². The summed E-state index contributed by atoms with van der Waals surface area (Å²) in [5.41, 5.74) is 1.39. The fourth-order valence-electron chi connectivity index (χ4n) is 6.75. The zero-order valence-corrected chi connectivity index (χ0v) is 28.2. The molecule has 0 amide bonds. The number of halogens is 2. The van der Waals surface area contributed by atoms with Crippen molar-refractivity contribution in [3.05, 3.63) is 59.7 Å². The van der Waals surface area contributed by atoms with Gasteiger partial charge in [0.1, 0.15) is 11.5 Å². The molecule has 2 atom stereocenters. The number of aliphatic hydroxyl groups is 2. The van der Waals surface area contributed by atoms with E-state index in [4.69, 9.17) is 9.47 Å². The first-order chi connectivity index (χ1) is 19.1. The van der Waals surface area contributed by atoms with Crippen molar-refractivity contribution in [2.45, 2.75) is 87.2 Å². The molecule has 0 radical (unpaired) electrons. The second-order valence-corrected chi connectivity index (χ2v) is 12.8. The van der Waals surface area contributed by atoms with Crippen LogP contribution in [0.25, 0.3) is 0 Å². The highest BCUT2D eigenvalue weighted by Gasteiger charge is 2.41. The third-order valence-electron chi connectivity index (χ3n) is 9.00. The Balaban J connectivity index is 0.000000401. The van der Waals surface area contributed by atoms with Crippen LogP contribution in [0.15, 0.2) is 48.5 Å². The number of likely N-dealkylation sites (N-methyl/N-ethyl adjacent to an activating group) is 2. The Labute approximate surface area is 267 Å². The van der Waals surface area contributed by atoms with E-state index in [9.17, 15) is 10.2 Å². The molecule has 0 unspecified atom stereocenters. The van der Waals surface area contributed by atoms with E-state index < -0.39 is 11.2 Å². The average Bonchev–Trinajstić information content (AvgIpc) is 2.96. The summed E-state index contributed by atoms with van der Waals surface area (Å²) < 4.78 is 10.5. The van der Waals surface area contributed by atoms with Crippen molar-refractivity contribution in [1.82, 2.24) is 0 Å². The predicted molar refractivity (Wildman–Crippen MR) is 163 cm³/mol. The first kappa shape index (κ1) is 38.5. The van der Waals surface area contributed by atoms with Crippen LogP contribution in [0.2, 0.25) is 0 Å². The lowest BCUT2D eigenvalue weighted by atomic mass is 9.72. The highest BCUT2D eigenvalue weighted by molar-refractivity contribution is 5.32. The minimum absolute atomic E-state index is 0. The molecular formula is C34H56Cl2N2O4. The van der Waals surface area contributed by atoms with Crippen molar-refractivity contribution in [2.75, 3.05) is 55.5 Å². The zero-order valence-electron chi connectivity index (χ0n) is 26.7. The monoisotopic (exact) mass is 626 g/mol. The van der Waals surface area contributed by atoms with E-state index >= 15 is 0 Å². The van der Waals surface area contributed by atoms with Gasteiger partial charge in [-0.15, -0.1) is 0 Å². The average molecular weight is 628 g/mol. The summed E-state index contributed by atoms with van der Waals surface area (Å²) in [6.45, 7) is 1.92. The summed E-state index contributed by atoms with van der Waals surface area (Å²) in [5.74, 6) is 2.16. The number of benzene rings is 2. The number of quaternary nitrogens is 2. The molecule has 2 aliphatic carbocycles. The third-order valence-corrected chi connectivity index (χ3v) is 9.00. The maximum absolute atomic E-state index is 11.1. The molecule has 2 aromatic rings. The van der Waals surface area contributed by atoms with Gasteiger partial charge in [0, 0.05) is 0 Å².